The molecule has 0 heterocycles. The van der Waals surface area contributed by atoms with E-state index in [4.69, 9.17) is 0 Å². The SMILES string of the molecule is CC(C)(C)c1cc(-c2c(=O)c(-c3cc(C(C)(C)C)cc(C(C)(C)C)c3)c3c4cc5c(cc6c7c(-c8ccccc8)c8ccccc8c(-c8ccccc8)c7c7cccc5c76)c5cccc(c23)c54)cc(C(C)(C)C)c1. The van der Waals surface area contributed by atoms with Crippen LogP contribution in [0.5, 0.6) is 0 Å². The Morgan fingerprint density at radius 1 is 0.230 bits per heavy atom. The topological polar surface area (TPSA) is 17.1 Å². The average molecular weight is 957 g/mol. The van der Waals surface area contributed by atoms with Gasteiger partial charge in [-0.2, -0.15) is 0 Å². The van der Waals surface area contributed by atoms with Gasteiger partial charge in [0.1, 0.15) is 0 Å². The van der Waals surface area contributed by atoms with Gasteiger partial charge in [0.2, 0.25) is 0 Å². The van der Waals surface area contributed by atoms with Gasteiger partial charge < -0.3 is 0 Å². The van der Waals surface area contributed by atoms with Crippen molar-refractivity contribution < 1.29 is 0 Å². The van der Waals surface area contributed by atoms with Crippen LogP contribution in [0.15, 0.2) is 175 Å². The van der Waals surface area contributed by atoms with Crippen molar-refractivity contribution in [2.45, 2.75) is 105 Å². The van der Waals surface area contributed by atoms with E-state index in [-0.39, 0.29) is 27.1 Å². The molecule has 0 saturated carbocycles. The molecule has 13 aromatic carbocycles. The van der Waals surface area contributed by atoms with Crippen molar-refractivity contribution in [3.05, 3.63) is 202 Å². The van der Waals surface area contributed by atoms with E-state index in [0.29, 0.717) is 0 Å². The summed E-state index contributed by atoms with van der Waals surface area (Å²) in [5.41, 5.74) is 13.2. The molecule has 0 aliphatic carbocycles. The standard InChI is InChI=1S/C73H64O/c1-70(2,3)45-33-43(34-46(37-45)71(4,5)6)61-66-54-32-22-30-52-55-39-57-63-51(56(55)40-58(64(52)54)68(66)62(69(61)74)44-35-47(72(7,8)9)38-48(36-44)73(10,11)12)29-21-31-53(63)65-59(41-23-15-13-16-24-41)49-27-19-20-28-50(49)60(67(57)65)42-25-17-14-18-26-42/h13-40H,1-12H3. The Kier molecular flexibility index (Phi) is 9.80. The first-order valence-electron chi connectivity index (χ1n) is 26.7. The minimum atomic E-state index is -0.135. The summed E-state index contributed by atoms with van der Waals surface area (Å²) in [6.07, 6.45) is 0. The molecule has 0 aromatic heterocycles. The molecule has 0 bridgehead atoms. The van der Waals surface area contributed by atoms with Crippen LogP contribution in [0.25, 0.3) is 131 Å². The van der Waals surface area contributed by atoms with Crippen molar-refractivity contribution in [1.29, 1.82) is 0 Å². The van der Waals surface area contributed by atoms with E-state index >= 15 is 4.79 Å². The lowest BCUT2D eigenvalue weighted by molar-refractivity contribution is 0.568. The second-order valence-electron chi connectivity index (χ2n) is 25.6. The molecular weight excluding hydrogens is 893 g/mol. The molecule has 1 heteroatoms. The van der Waals surface area contributed by atoms with Crippen molar-refractivity contribution in [2.75, 3.05) is 0 Å². The fourth-order valence-electron chi connectivity index (χ4n) is 12.7. The molecule has 13 rings (SSSR count). The van der Waals surface area contributed by atoms with Crippen LogP contribution in [0.4, 0.5) is 0 Å². The lowest BCUT2D eigenvalue weighted by atomic mass is 9.78. The highest BCUT2D eigenvalue weighted by molar-refractivity contribution is 6.46. The van der Waals surface area contributed by atoms with Gasteiger partial charge in [0.15, 0.2) is 5.43 Å². The van der Waals surface area contributed by atoms with Crippen molar-refractivity contribution in [2.24, 2.45) is 0 Å². The molecule has 0 atom stereocenters. The van der Waals surface area contributed by atoms with Crippen LogP contribution in [0.2, 0.25) is 0 Å². The smallest absolute Gasteiger partial charge is 0.195 e. The maximum Gasteiger partial charge on any atom is 0.195 e. The zero-order valence-electron chi connectivity index (χ0n) is 45.1. The van der Waals surface area contributed by atoms with Gasteiger partial charge in [0.25, 0.3) is 0 Å². The lowest BCUT2D eigenvalue weighted by Crippen LogP contribution is -2.17. The highest BCUT2D eigenvalue weighted by Gasteiger charge is 2.32. The van der Waals surface area contributed by atoms with E-state index in [0.717, 1.165) is 43.8 Å². The van der Waals surface area contributed by atoms with E-state index in [9.17, 15) is 0 Å². The molecule has 0 fully saturated rings. The Morgan fingerprint density at radius 2 is 0.527 bits per heavy atom. The monoisotopic (exact) mass is 956 g/mol. The third kappa shape index (κ3) is 6.78. The number of hydrogen-bond donors (Lipinski definition) is 0. The van der Waals surface area contributed by atoms with Crippen LogP contribution < -0.4 is 5.43 Å². The highest BCUT2D eigenvalue weighted by Crippen LogP contribution is 2.55. The molecule has 362 valence electrons. The van der Waals surface area contributed by atoms with Crippen molar-refractivity contribution in [3.63, 3.8) is 0 Å². The summed E-state index contributed by atoms with van der Waals surface area (Å²) in [6, 6.07) is 64.0. The van der Waals surface area contributed by atoms with E-state index < -0.39 is 0 Å². The Morgan fingerprint density at radius 3 is 0.892 bits per heavy atom. The highest BCUT2D eigenvalue weighted by atomic mass is 16.1. The van der Waals surface area contributed by atoms with Gasteiger partial charge in [-0.1, -0.05) is 241 Å². The quantitative estimate of drug-likeness (QED) is 0.161. The molecule has 13 aromatic rings. The molecule has 0 aliphatic heterocycles. The van der Waals surface area contributed by atoms with E-state index in [2.05, 4.69) is 253 Å². The van der Waals surface area contributed by atoms with Gasteiger partial charge in [-0.05, 0) is 165 Å². The molecule has 0 spiro atoms. The average Bonchev–Trinajstić information content (AvgIpc) is 3.98. The summed E-state index contributed by atoms with van der Waals surface area (Å²) >= 11 is 0. The third-order valence-electron chi connectivity index (χ3n) is 16.6. The molecule has 0 N–H and O–H groups in total. The molecule has 1 nitrogen and oxygen atoms in total. The minimum Gasteiger partial charge on any atom is -0.289 e. The first-order chi connectivity index (χ1) is 35.2. The second-order valence-corrected chi connectivity index (χ2v) is 25.6. The molecule has 0 amide bonds. The Balaban J connectivity index is 1.25. The summed E-state index contributed by atoms with van der Waals surface area (Å²) in [4.78, 5) is 16.3. The van der Waals surface area contributed by atoms with Gasteiger partial charge >= 0.3 is 0 Å². The number of fused-ring (bicyclic) bond motifs is 10. The molecule has 0 unspecified atom stereocenters. The zero-order chi connectivity index (χ0) is 51.5. The van der Waals surface area contributed by atoms with Crippen LogP contribution >= 0.6 is 0 Å². The van der Waals surface area contributed by atoms with Crippen molar-refractivity contribution >= 4 is 86.2 Å². The maximum absolute atomic E-state index is 16.3. The van der Waals surface area contributed by atoms with Gasteiger partial charge in [-0.15, -0.1) is 0 Å². The lowest BCUT2D eigenvalue weighted by Gasteiger charge is -2.26. The van der Waals surface area contributed by atoms with Gasteiger partial charge in [0, 0.05) is 21.9 Å². The van der Waals surface area contributed by atoms with Gasteiger partial charge in [-0.3, -0.25) is 4.79 Å². The predicted molar refractivity (Wildman–Crippen MR) is 323 cm³/mol. The summed E-state index contributed by atoms with van der Waals surface area (Å²) in [5, 5.41) is 19.5. The van der Waals surface area contributed by atoms with Gasteiger partial charge in [0.05, 0.1) is 0 Å². The summed E-state index contributed by atoms with van der Waals surface area (Å²) < 4.78 is 0. The summed E-state index contributed by atoms with van der Waals surface area (Å²) in [6.45, 7) is 27.5. The number of benzene rings is 10. The Labute approximate surface area is 435 Å². The predicted octanol–water partition coefficient (Wildman–Crippen LogP) is 20.4. The summed E-state index contributed by atoms with van der Waals surface area (Å²) in [5.74, 6) is 0. The first kappa shape index (κ1) is 46.2. The van der Waals surface area contributed by atoms with Crippen LogP contribution in [0, 0.1) is 0 Å². The normalized spacial score (nSPS) is 13.2. The van der Waals surface area contributed by atoms with Crippen LogP contribution in [0.3, 0.4) is 0 Å². The largest absolute Gasteiger partial charge is 0.289 e. The molecule has 74 heavy (non-hydrogen) atoms. The fourth-order valence-corrected chi connectivity index (χ4v) is 12.7. The number of rotatable bonds is 4. The fraction of sp³-hybridized carbons (Fsp3) is 0.219. The summed E-state index contributed by atoms with van der Waals surface area (Å²) in [7, 11) is 0. The van der Waals surface area contributed by atoms with E-state index in [1.807, 2.05) is 0 Å². The van der Waals surface area contributed by atoms with Gasteiger partial charge in [-0.25, -0.2) is 0 Å². The molecule has 0 saturated heterocycles. The second kappa shape index (κ2) is 15.7. The van der Waals surface area contributed by atoms with Crippen molar-refractivity contribution in [1.82, 2.24) is 0 Å². The Hall–Kier alpha value is -7.61. The Bertz CT molecular complexity index is 4420. The molecular formula is C73H64O. The first-order valence-corrected chi connectivity index (χ1v) is 26.7. The maximum atomic E-state index is 16.3. The zero-order valence-corrected chi connectivity index (χ0v) is 45.1. The van der Waals surface area contributed by atoms with E-state index in [1.54, 1.807) is 0 Å². The van der Waals surface area contributed by atoms with Crippen LogP contribution in [-0.4, -0.2) is 0 Å². The number of hydrogen-bond acceptors (Lipinski definition) is 1. The third-order valence-corrected chi connectivity index (χ3v) is 16.6. The van der Waals surface area contributed by atoms with E-state index in [1.165, 1.54) is 109 Å². The minimum absolute atomic E-state index is 0.111. The van der Waals surface area contributed by atoms with Crippen LogP contribution in [-0.2, 0) is 21.7 Å². The molecule has 0 aliphatic rings. The molecule has 0 radical (unpaired) electrons. The van der Waals surface area contributed by atoms with Crippen LogP contribution in [0.1, 0.15) is 105 Å². The van der Waals surface area contributed by atoms with Crippen molar-refractivity contribution in [3.8, 4) is 44.5 Å².